The SMILES string of the molecule is CC1=C(Br)C(=O)OC1OCc1ccccc1. The molecule has 0 saturated heterocycles. The number of halogens is 1. The fraction of sp³-hybridized carbons (Fsp3) is 0.250. The average Bonchev–Trinajstić information content (AvgIpc) is 2.56. The van der Waals surface area contributed by atoms with E-state index in [4.69, 9.17) is 9.47 Å². The van der Waals surface area contributed by atoms with E-state index >= 15 is 0 Å². The van der Waals surface area contributed by atoms with E-state index in [2.05, 4.69) is 15.9 Å². The molecule has 16 heavy (non-hydrogen) atoms. The van der Waals surface area contributed by atoms with Gasteiger partial charge in [0.05, 0.1) is 6.61 Å². The van der Waals surface area contributed by atoms with Gasteiger partial charge in [-0.3, -0.25) is 0 Å². The monoisotopic (exact) mass is 282 g/mol. The maximum Gasteiger partial charge on any atom is 0.347 e. The Morgan fingerprint density at radius 1 is 1.38 bits per heavy atom. The number of carbonyl (C=O) groups is 1. The second-order valence-corrected chi connectivity index (χ2v) is 4.32. The highest BCUT2D eigenvalue weighted by molar-refractivity contribution is 9.12. The molecule has 0 spiro atoms. The summed E-state index contributed by atoms with van der Waals surface area (Å²) >= 11 is 3.16. The Morgan fingerprint density at radius 2 is 2.06 bits per heavy atom. The molecular formula is C12H11BrO3. The standard InChI is InChI=1S/C12H11BrO3/c1-8-10(13)11(14)16-12(8)15-7-9-5-3-2-4-6-9/h2-6,12H,7H2,1H3. The van der Waals surface area contributed by atoms with E-state index in [1.165, 1.54) is 0 Å². The average molecular weight is 283 g/mol. The summed E-state index contributed by atoms with van der Waals surface area (Å²) in [5.41, 5.74) is 1.83. The number of hydrogen-bond acceptors (Lipinski definition) is 3. The smallest absolute Gasteiger partial charge is 0.347 e. The molecular weight excluding hydrogens is 272 g/mol. The fourth-order valence-electron chi connectivity index (χ4n) is 1.41. The summed E-state index contributed by atoms with van der Waals surface area (Å²) in [4.78, 5) is 11.2. The molecule has 0 aromatic heterocycles. The van der Waals surface area contributed by atoms with Gasteiger partial charge in [0.25, 0.3) is 0 Å². The molecule has 3 nitrogen and oxygen atoms in total. The predicted molar refractivity (Wildman–Crippen MR) is 62.7 cm³/mol. The first-order valence-corrected chi connectivity index (χ1v) is 5.70. The molecule has 1 aromatic carbocycles. The summed E-state index contributed by atoms with van der Waals surface area (Å²) in [5, 5.41) is 0. The van der Waals surface area contributed by atoms with Crippen LogP contribution in [0.4, 0.5) is 0 Å². The first-order chi connectivity index (χ1) is 7.68. The van der Waals surface area contributed by atoms with Crippen molar-refractivity contribution in [3.8, 4) is 0 Å². The summed E-state index contributed by atoms with van der Waals surface area (Å²) < 4.78 is 11.0. The largest absolute Gasteiger partial charge is 0.428 e. The van der Waals surface area contributed by atoms with Crippen molar-refractivity contribution in [2.24, 2.45) is 0 Å². The Kier molecular flexibility index (Phi) is 3.41. The number of benzene rings is 1. The van der Waals surface area contributed by atoms with Crippen LogP contribution in [0.3, 0.4) is 0 Å². The minimum absolute atomic E-state index is 0.365. The molecule has 4 heteroatoms. The van der Waals surface area contributed by atoms with E-state index in [1.807, 2.05) is 37.3 Å². The van der Waals surface area contributed by atoms with Gasteiger partial charge in [-0.25, -0.2) is 4.79 Å². The molecule has 1 unspecified atom stereocenters. The lowest BCUT2D eigenvalue weighted by Crippen LogP contribution is -2.15. The summed E-state index contributed by atoms with van der Waals surface area (Å²) in [5.74, 6) is -0.365. The Balaban J connectivity index is 1.96. The number of esters is 1. The van der Waals surface area contributed by atoms with E-state index in [9.17, 15) is 4.79 Å². The highest BCUT2D eigenvalue weighted by Crippen LogP contribution is 2.27. The van der Waals surface area contributed by atoms with Crippen LogP contribution in [0, 0.1) is 0 Å². The molecule has 0 fully saturated rings. The Hall–Kier alpha value is -1.13. The van der Waals surface area contributed by atoms with Crippen molar-refractivity contribution in [3.63, 3.8) is 0 Å². The van der Waals surface area contributed by atoms with Gasteiger partial charge in [0, 0.05) is 5.57 Å². The van der Waals surface area contributed by atoms with Crippen molar-refractivity contribution in [1.82, 2.24) is 0 Å². The molecule has 0 amide bonds. The Labute approximate surface area is 102 Å². The van der Waals surface area contributed by atoms with E-state index < -0.39 is 6.29 Å². The maximum atomic E-state index is 11.2. The molecule has 0 bridgehead atoms. The summed E-state index contributed by atoms with van der Waals surface area (Å²) in [7, 11) is 0. The lowest BCUT2D eigenvalue weighted by Gasteiger charge is -2.12. The van der Waals surface area contributed by atoms with Crippen molar-refractivity contribution >= 4 is 21.9 Å². The van der Waals surface area contributed by atoms with E-state index in [0.717, 1.165) is 11.1 Å². The lowest BCUT2D eigenvalue weighted by molar-refractivity contribution is -0.161. The first kappa shape index (κ1) is 11.4. The fourth-order valence-corrected chi connectivity index (χ4v) is 1.69. The highest BCUT2D eigenvalue weighted by atomic mass is 79.9. The quantitative estimate of drug-likeness (QED) is 0.800. The third kappa shape index (κ3) is 2.33. The third-order valence-electron chi connectivity index (χ3n) is 2.34. The number of carbonyl (C=O) groups excluding carboxylic acids is 1. The van der Waals surface area contributed by atoms with Gasteiger partial charge < -0.3 is 9.47 Å². The second kappa shape index (κ2) is 4.80. The van der Waals surface area contributed by atoms with Crippen LogP contribution in [0.15, 0.2) is 40.4 Å². The molecule has 84 valence electrons. The zero-order chi connectivity index (χ0) is 11.5. The maximum absolute atomic E-state index is 11.2. The first-order valence-electron chi connectivity index (χ1n) is 4.91. The summed E-state index contributed by atoms with van der Waals surface area (Å²) in [6.07, 6.45) is -0.568. The van der Waals surface area contributed by atoms with Crippen molar-refractivity contribution in [2.75, 3.05) is 0 Å². The molecule has 1 atom stereocenters. The molecule has 2 rings (SSSR count). The predicted octanol–water partition coefficient (Wildman–Crippen LogP) is 2.76. The summed E-state index contributed by atoms with van der Waals surface area (Å²) in [6.45, 7) is 2.24. The van der Waals surface area contributed by atoms with Crippen LogP contribution < -0.4 is 0 Å². The van der Waals surface area contributed by atoms with Gasteiger partial charge in [0.15, 0.2) is 0 Å². The van der Waals surface area contributed by atoms with Gasteiger partial charge in [-0.05, 0) is 28.4 Å². The molecule has 1 aliphatic rings. The van der Waals surface area contributed by atoms with Gasteiger partial charge in [-0.1, -0.05) is 30.3 Å². The number of rotatable bonds is 3. The molecule has 1 aromatic rings. The van der Waals surface area contributed by atoms with Gasteiger partial charge in [0.2, 0.25) is 6.29 Å². The molecule has 1 aliphatic heterocycles. The van der Waals surface area contributed by atoms with Gasteiger partial charge in [-0.2, -0.15) is 0 Å². The lowest BCUT2D eigenvalue weighted by atomic mass is 10.2. The van der Waals surface area contributed by atoms with Crippen LogP contribution in [0.5, 0.6) is 0 Å². The summed E-state index contributed by atoms with van der Waals surface area (Å²) in [6, 6.07) is 9.76. The van der Waals surface area contributed by atoms with Crippen LogP contribution in [0.25, 0.3) is 0 Å². The Morgan fingerprint density at radius 3 is 2.62 bits per heavy atom. The van der Waals surface area contributed by atoms with E-state index in [1.54, 1.807) is 0 Å². The van der Waals surface area contributed by atoms with Crippen LogP contribution in [0.2, 0.25) is 0 Å². The van der Waals surface area contributed by atoms with Gasteiger partial charge >= 0.3 is 5.97 Å². The zero-order valence-corrected chi connectivity index (χ0v) is 10.4. The van der Waals surface area contributed by atoms with E-state index in [-0.39, 0.29) is 5.97 Å². The van der Waals surface area contributed by atoms with Crippen molar-refractivity contribution < 1.29 is 14.3 Å². The van der Waals surface area contributed by atoms with Crippen molar-refractivity contribution in [2.45, 2.75) is 19.8 Å². The number of ether oxygens (including phenoxy) is 2. The van der Waals surface area contributed by atoms with Gasteiger partial charge in [-0.15, -0.1) is 0 Å². The zero-order valence-electron chi connectivity index (χ0n) is 8.77. The molecule has 0 N–H and O–H groups in total. The van der Waals surface area contributed by atoms with Crippen molar-refractivity contribution in [3.05, 3.63) is 46.0 Å². The topological polar surface area (TPSA) is 35.5 Å². The molecule has 1 heterocycles. The van der Waals surface area contributed by atoms with Crippen LogP contribution in [0.1, 0.15) is 12.5 Å². The normalized spacial score (nSPS) is 20.1. The van der Waals surface area contributed by atoms with Crippen LogP contribution in [-0.2, 0) is 20.9 Å². The minimum atomic E-state index is -0.568. The number of cyclic esters (lactones) is 1. The third-order valence-corrected chi connectivity index (χ3v) is 3.29. The van der Waals surface area contributed by atoms with Crippen LogP contribution in [-0.4, -0.2) is 12.3 Å². The van der Waals surface area contributed by atoms with Gasteiger partial charge in [0.1, 0.15) is 4.48 Å². The second-order valence-electron chi connectivity index (χ2n) is 3.53. The molecule has 0 aliphatic carbocycles. The highest BCUT2D eigenvalue weighted by Gasteiger charge is 2.30. The number of hydrogen-bond donors (Lipinski definition) is 0. The molecule has 0 radical (unpaired) electrons. The Bertz CT molecular complexity index is 425. The minimum Gasteiger partial charge on any atom is -0.428 e. The molecule has 0 saturated carbocycles. The van der Waals surface area contributed by atoms with E-state index in [0.29, 0.717) is 11.1 Å². The van der Waals surface area contributed by atoms with Crippen molar-refractivity contribution in [1.29, 1.82) is 0 Å². The van der Waals surface area contributed by atoms with Crippen LogP contribution >= 0.6 is 15.9 Å².